The Balaban J connectivity index is 1.96. The highest BCUT2D eigenvalue weighted by molar-refractivity contribution is 6.39. The number of benzene rings is 1. The number of amides is 2. The highest BCUT2D eigenvalue weighted by Gasteiger charge is 2.27. The third-order valence-electron chi connectivity index (χ3n) is 3.77. The summed E-state index contributed by atoms with van der Waals surface area (Å²) in [6.45, 7) is 1.52. The summed E-state index contributed by atoms with van der Waals surface area (Å²) in [5.41, 5.74) is 0.538. The normalized spacial score (nSPS) is 21.7. The Hall–Kier alpha value is -1.95. The lowest BCUT2D eigenvalue weighted by molar-refractivity contribution is -0.137. The maximum Gasteiger partial charge on any atom is 0.313 e. The third-order valence-corrected chi connectivity index (χ3v) is 3.77. The van der Waals surface area contributed by atoms with Crippen molar-refractivity contribution in [2.75, 3.05) is 5.32 Å². The molecule has 1 aromatic carbocycles. The van der Waals surface area contributed by atoms with E-state index in [1.807, 2.05) is 0 Å². The van der Waals surface area contributed by atoms with Gasteiger partial charge >= 0.3 is 11.8 Å². The first-order valence-corrected chi connectivity index (χ1v) is 7.04. The van der Waals surface area contributed by atoms with E-state index in [9.17, 15) is 19.1 Å². The molecular weight excluding hydrogens is 275 g/mol. The molecule has 0 aliphatic heterocycles. The molecule has 2 rings (SSSR count). The van der Waals surface area contributed by atoms with Gasteiger partial charge in [-0.3, -0.25) is 9.59 Å². The lowest BCUT2D eigenvalue weighted by Crippen LogP contribution is -2.48. The summed E-state index contributed by atoms with van der Waals surface area (Å²) in [4.78, 5) is 23.7. The van der Waals surface area contributed by atoms with Crippen molar-refractivity contribution in [3.05, 3.63) is 29.6 Å². The number of halogens is 1. The van der Waals surface area contributed by atoms with Crippen LogP contribution in [-0.4, -0.2) is 29.1 Å². The molecule has 114 valence electrons. The molecule has 1 fully saturated rings. The van der Waals surface area contributed by atoms with Gasteiger partial charge in [0.1, 0.15) is 5.82 Å². The fraction of sp³-hybridized carbons (Fsp3) is 0.467. The minimum Gasteiger partial charge on any atom is -0.391 e. The van der Waals surface area contributed by atoms with Crippen LogP contribution in [0.3, 0.4) is 0 Å². The van der Waals surface area contributed by atoms with Gasteiger partial charge in [0.2, 0.25) is 0 Å². The molecule has 1 aromatic rings. The smallest absolute Gasteiger partial charge is 0.313 e. The van der Waals surface area contributed by atoms with Crippen molar-refractivity contribution in [2.24, 2.45) is 0 Å². The van der Waals surface area contributed by atoms with Gasteiger partial charge in [0.05, 0.1) is 12.1 Å². The number of aliphatic hydroxyl groups is 1. The monoisotopic (exact) mass is 294 g/mol. The maximum atomic E-state index is 13.4. The van der Waals surface area contributed by atoms with Crippen LogP contribution in [0.1, 0.15) is 31.2 Å². The highest BCUT2D eigenvalue weighted by atomic mass is 19.1. The minimum absolute atomic E-state index is 0.263. The van der Waals surface area contributed by atoms with Crippen LogP contribution in [0.25, 0.3) is 0 Å². The Morgan fingerprint density at radius 2 is 1.95 bits per heavy atom. The number of aliphatic hydroxyl groups excluding tert-OH is 1. The Bertz CT molecular complexity index is 548. The van der Waals surface area contributed by atoms with Crippen molar-refractivity contribution in [2.45, 2.75) is 44.8 Å². The van der Waals surface area contributed by atoms with Crippen LogP contribution in [0.4, 0.5) is 10.1 Å². The summed E-state index contributed by atoms with van der Waals surface area (Å²) in [7, 11) is 0. The molecule has 1 saturated carbocycles. The van der Waals surface area contributed by atoms with Gasteiger partial charge in [-0.25, -0.2) is 4.39 Å². The van der Waals surface area contributed by atoms with Crippen LogP contribution in [0.5, 0.6) is 0 Å². The first-order valence-electron chi connectivity index (χ1n) is 7.04. The van der Waals surface area contributed by atoms with Crippen molar-refractivity contribution >= 4 is 17.5 Å². The molecule has 21 heavy (non-hydrogen) atoms. The quantitative estimate of drug-likeness (QED) is 0.723. The summed E-state index contributed by atoms with van der Waals surface area (Å²) >= 11 is 0. The summed E-state index contributed by atoms with van der Waals surface area (Å²) in [6.07, 6.45) is 2.48. The second-order valence-electron chi connectivity index (χ2n) is 5.30. The van der Waals surface area contributed by atoms with Crippen molar-refractivity contribution < 1.29 is 19.1 Å². The summed E-state index contributed by atoms with van der Waals surface area (Å²) < 4.78 is 13.4. The Morgan fingerprint density at radius 1 is 1.24 bits per heavy atom. The molecule has 1 aliphatic carbocycles. The molecule has 0 saturated heterocycles. The second kappa shape index (κ2) is 6.67. The molecule has 0 bridgehead atoms. The van der Waals surface area contributed by atoms with Gasteiger partial charge in [-0.05, 0) is 31.9 Å². The molecule has 3 N–H and O–H groups in total. The van der Waals surface area contributed by atoms with Gasteiger partial charge in [0.25, 0.3) is 0 Å². The molecule has 1 aliphatic rings. The van der Waals surface area contributed by atoms with Gasteiger partial charge in [-0.2, -0.15) is 0 Å². The topological polar surface area (TPSA) is 78.4 Å². The van der Waals surface area contributed by atoms with Gasteiger partial charge in [0.15, 0.2) is 0 Å². The SMILES string of the molecule is Cc1c(F)cccc1NC(=O)C(=O)NC1CCCCC1O. The van der Waals surface area contributed by atoms with Gasteiger partial charge in [0, 0.05) is 11.3 Å². The predicted molar refractivity (Wildman–Crippen MR) is 76.2 cm³/mol. The Kier molecular flexibility index (Phi) is 4.90. The molecule has 0 radical (unpaired) electrons. The standard InChI is InChI=1S/C15H19FN2O3/c1-9-10(16)5-4-7-11(9)17-14(20)15(21)18-12-6-2-3-8-13(12)19/h4-5,7,12-13,19H,2-3,6,8H2,1H3,(H,17,20)(H,18,21). The van der Waals surface area contributed by atoms with E-state index in [0.717, 1.165) is 12.8 Å². The van der Waals surface area contributed by atoms with Gasteiger partial charge in [-0.15, -0.1) is 0 Å². The van der Waals surface area contributed by atoms with Crippen LogP contribution in [-0.2, 0) is 9.59 Å². The largest absolute Gasteiger partial charge is 0.391 e. The van der Waals surface area contributed by atoms with Crippen LogP contribution in [0, 0.1) is 12.7 Å². The summed E-state index contributed by atoms with van der Waals surface area (Å²) in [6, 6.07) is 3.87. The van der Waals surface area contributed by atoms with E-state index in [4.69, 9.17) is 0 Å². The second-order valence-corrected chi connectivity index (χ2v) is 5.30. The van der Waals surface area contributed by atoms with E-state index >= 15 is 0 Å². The molecule has 0 heterocycles. The van der Waals surface area contributed by atoms with E-state index in [-0.39, 0.29) is 11.3 Å². The van der Waals surface area contributed by atoms with Crippen molar-refractivity contribution in [1.29, 1.82) is 0 Å². The minimum atomic E-state index is -0.860. The highest BCUT2D eigenvalue weighted by Crippen LogP contribution is 2.19. The number of hydrogen-bond acceptors (Lipinski definition) is 3. The number of nitrogens with one attached hydrogen (secondary N) is 2. The molecule has 2 unspecified atom stereocenters. The lowest BCUT2D eigenvalue weighted by atomic mass is 9.92. The lowest BCUT2D eigenvalue weighted by Gasteiger charge is -2.28. The number of carbonyl (C=O) groups is 2. The number of anilines is 1. The Labute approximate surface area is 122 Å². The Morgan fingerprint density at radius 3 is 2.67 bits per heavy atom. The molecule has 2 amide bonds. The van der Waals surface area contributed by atoms with Gasteiger partial charge < -0.3 is 15.7 Å². The molecule has 2 atom stereocenters. The first kappa shape index (κ1) is 15.4. The van der Waals surface area contributed by atoms with E-state index in [2.05, 4.69) is 10.6 Å². The predicted octanol–water partition coefficient (Wildman–Crippen LogP) is 1.49. The molecule has 0 spiro atoms. The van der Waals surface area contributed by atoms with E-state index in [1.54, 1.807) is 0 Å². The van der Waals surface area contributed by atoms with Crippen LogP contribution in [0.15, 0.2) is 18.2 Å². The van der Waals surface area contributed by atoms with E-state index in [1.165, 1.54) is 25.1 Å². The average molecular weight is 294 g/mol. The van der Waals surface area contributed by atoms with E-state index in [0.29, 0.717) is 12.8 Å². The third kappa shape index (κ3) is 3.78. The fourth-order valence-corrected chi connectivity index (χ4v) is 2.44. The van der Waals surface area contributed by atoms with Crippen LogP contribution >= 0.6 is 0 Å². The number of rotatable bonds is 2. The van der Waals surface area contributed by atoms with Gasteiger partial charge in [-0.1, -0.05) is 18.9 Å². The maximum absolute atomic E-state index is 13.4. The zero-order valence-corrected chi connectivity index (χ0v) is 11.9. The summed E-state index contributed by atoms with van der Waals surface area (Å²) in [5.74, 6) is -2.12. The zero-order chi connectivity index (χ0) is 15.4. The number of hydrogen-bond donors (Lipinski definition) is 3. The fourth-order valence-electron chi connectivity index (χ4n) is 2.44. The van der Waals surface area contributed by atoms with Crippen molar-refractivity contribution in [3.63, 3.8) is 0 Å². The first-order chi connectivity index (χ1) is 9.99. The van der Waals surface area contributed by atoms with Crippen LogP contribution < -0.4 is 10.6 Å². The summed E-state index contributed by atoms with van der Waals surface area (Å²) in [5, 5.41) is 14.7. The van der Waals surface area contributed by atoms with Crippen LogP contribution in [0.2, 0.25) is 0 Å². The van der Waals surface area contributed by atoms with Crippen molar-refractivity contribution in [3.8, 4) is 0 Å². The zero-order valence-electron chi connectivity index (χ0n) is 11.9. The average Bonchev–Trinajstić information content (AvgIpc) is 2.46. The van der Waals surface area contributed by atoms with Crippen molar-refractivity contribution in [1.82, 2.24) is 5.32 Å². The molecule has 5 nitrogen and oxygen atoms in total. The van der Waals surface area contributed by atoms with E-state index < -0.39 is 29.8 Å². The molecular formula is C15H19FN2O3. The number of carbonyl (C=O) groups excluding carboxylic acids is 2. The molecule has 0 aromatic heterocycles. The molecule has 6 heteroatoms.